The van der Waals surface area contributed by atoms with Crippen LogP contribution in [-0.4, -0.2) is 10.5 Å². The number of halogens is 1. The number of hydrogen-bond acceptors (Lipinski definition) is 3. The van der Waals surface area contributed by atoms with E-state index in [1.54, 1.807) is 0 Å². The molecule has 2 aromatic rings. The van der Waals surface area contributed by atoms with E-state index in [4.69, 9.17) is 16.3 Å². The van der Waals surface area contributed by atoms with Crippen LogP contribution < -0.4 is 10.1 Å². The van der Waals surface area contributed by atoms with E-state index < -0.39 is 0 Å². The summed E-state index contributed by atoms with van der Waals surface area (Å²) >= 11 is 5.83. The third kappa shape index (κ3) is 5.74. The second-order valence-corrected chi connectivity index (χ2v) is 6.44. The van der Waals surface area contributed by atoms with Crippen LogP contribution in [0.1, 0.15) is 32.0 Å². The van der Waals surface area contributed by atoms with Crippen molar-refractivity contribution in [3.05, 3.63) is 58.9 Å². The molecule has 0 saturated heterocycles. The summed E-state index contributed by atoms with van der Waals surface area (Å²) in [6, 6.07) is 11.4. The molecule has 0 aliphatic rings. The van der Waals surface area contributed by atoms with E-state index in [0.717, 1.165) is 18.0 Å². The van der Waals surface area contributed by atoms with E-state index in [1.165, 1.54) is 5.56 Å². The van der Waals surface area contributed by atoms with Crippen LogP contribution in [0.25, 0.3) is 0 Å². The minimum Gasteiger partial charge on any atom is -0.487 e. The van der Waals surface area contributed by atoms with E-state index in [-0.39, 0.29) is 5.54 Å². The van der Waals surface area contributed by atoms with Crippen LogP contribution in [0.2, 0.25) is 5.02 Å². The first kappa shape index (κ1) is 15.8. The van der Waals surface area contributed by atoms with Gasteiger partial charge in [-0.15, -0.1) is 0 Å². The Morgan fingerprint density at radius 2 is 1.81 bits per heavy atom. The number of benzene rings is 1. The molecule has 112 valence electrons. The monoisotopic (exact) mass is 304 g/mol. The Morgan fingerprint density at radius 3 is 2.38 bits per heavy atom. The molecule has 4 heteroatoms. The number of aromatic nitrogens is 1. The molecule has 21 heavy (non-hydrogen) atoms. The van der Waals surface area contributed by atoms with Crippen LogP contribution in [0.3, 0.4) is 0 Å². The Labute approximate surface area is 131 Å². The average molecular weight is 305 g/mol. The number of ether oxygens (including phenoxy) is 1. The van der Waals surface area contributed by atoms with E-state index in [0.29, 0.717) is 11.6 Å². The average Bonchev–Trinajstić information content (AvgIpc) is 2.45. The SMILES string of the molecule is CC(C)(C)NCc1ccc(COc2ccc(Cl)cc2)nc1. The molecular weight excluding hydrogens is 284 g/mol. The summed E-state index contributed by atoms with van der Waals surface area (Å²) in [5.41, 5.74) is 2.18. The third-order valence-corrected chi connectivity index (χ3v) is 3.16. The number of rotatable bonds is 5. The highest BCUT2D eigenvalue weighted by Crippen LogP contribution is 2.16. The van der Waals surface area contributed by atoms with Crippen molar-refractivity contribution in [3.63, 3.8) is 0 Å². The van der Waals surface area contributed by atoms with Gasteiger partial charge < -0.3 is 10.1 Å². The third-order valence-electron chi connectivity index (χ3n) is 2.91. The van der Waals surface area contributed by atoms with Gasteiger partial charge in [-0.05, 0) is 56.7 Å². The molecule has 1 aromatic carbocycles. The lowest BCUT2D eigenvalue weighted by atomic mass is 10.1. The van der Waals surface area contributed by atoms with Crippen molar-refractivity contribution in [1.82, 2.24) is 10.3 Å². The molecule has 0 aliphatic heterocycles. The van der Waals surface area contributed by atoms with Crippen LogP contribution in [0.4, 0.5) is 0 Å². The maximum absolute atomic E-state index is 5.83. The van der Waals surface area contributed by atoms with Gasteiger partial charge in [0.25, 0.3) is 0 Å². The molecule has 1 heterocycles. The van der Waals surface area contributed by atoms with Gasteiger partial charge >= 0.3 is 0 Å². The number of hydrogen-bond donors (Lipinski definition) is 1. The quantitative estimate of drug-likeness (QED) is 0.899. The smallest absolute Gasteiger partial charge is 0.130 e. The molecule has 2 rings (SSSR count). The van der Waals surface area contributed by atoms with E-state index >= 15 is 0 Å². The van der Waals surface area contributed by atoms with Crippen LogP contribution in [0.5, 0.6) is 5.75 Å². The zero-order chi connectivity index (χ0) is 15.3. The predicted molar refractivity (Wildman–Crippen MR) is 86.6 cm³/mol. The summed E-state index contributed by atoms with van der Waals surface area (Å²) in [6.07, 6.45) is 1.89. The molecule has 0 bridgehead atoms. The Bertz CT molecular complexity index is 559. The lowest BCUT2D eigenvalue weighted by Crippen LogP contribution is -2.35. The number of nitrogens with one attached hydrogen (secondary N) is 1. The summed E-state index contributed by atoms with van der Waals surface area (Å²) in [4.78, 5) is 4.42. The Morgan fingerprint density at radius 1 is 1.10 bits per heavy atom. The van der Waals surface area contributed by atoms with Gasteiger partial charge in [-0.3, -0.25) is 4.98 Å². The van der Waals surface area contributed by atoms with Crippen LogP contribution in [0.15, 0.2) is 42.6 Å². The Hall–Kier alpha value is -1.58. The first-order chi connectivity index (χ1) is 9.92. The summed E-state index contributed by atoms with van der Waals surface area (Å²) in [6.45, 7) is 7.71. The topological polar surface area (TPSA) is 34.1 Å². The molecule has 0 aliphatic carbocycles. The van der Waals surface area contributed by atoms with Crippen molar-refractivity contribution < 1.29 is 4.74 Å². The minimum absolute atomic E-state index is 0.108. The van der Waals surface area contributed by atoms with Crippen LogP contribution in [0, 0.1) is 0 Å². The van der Waals surface area contributed by atoms with Gasteiger partial charge in [0.15, 0.2) is 0 Å². The molecule has 0 atom stereocenters. The normalized spacial score (nSPS) is 11.4. The maximum atomic E-state index is 5.83. The maximum Gasteiger partial charge on any atom is 0.130 e. The van der Waals surface area contributed by atoms with Gasteiger partial charge in [-0.1, -0.05) is 17.7 Å². The highest BCUT2D eigenvalue weighted by molar-refractivity contribution is 6.30. The van der Waals surface area contributed by atoms with E-state index in [2.05, 4.69) is 37.1 Å². The zero-order valence-corrected chi connectivity index (χ0v) is 13.4. The Kier molecular flexibility index (Phi) is 5.21. The van der Waals surface area contributed by atoms with E-state index in [9.17, 15) is 0 Å². The molecule has 0 spiro atoms. The second-order valence-electron chi connectivity index (χ2n) is 6.00. The van der Waals surface area contributed by atoms with Crippen molar-refractivity contribution in [2.45, 2.75) is 39.5 Å². The fourth-order valence-corrected chi connectivity index (χ4v) is 1.83. The van der Waals surface area contributed by atoms with Gasteiger partial charge in [0.2, 0.25) is 0 Å². The van der Waals surface area contributed by atoms with Gasteiger partial charge in [0.05, 0.1) is 5.69 Å². The van der Waals surface area contributed by atoms with Crippen molar-refractivity contribution in [1.29, 1.82) is 0 Å². The molecule has 3 nitrogen and oxygen atoms in total. The fraction of sp³-hybridized carbons (Fsp3) is 0.353. The minimum atomic E-state index is 0.108. The second kappa shape index (κ2) is 6.92. The first-order valence-corrected chi connectivity index (χ1v) is 7.37. The standard InChI is InChI=1S/C17H21ClN2O/c1-17(2,3)20-11-13-4-7-15(19-10-13)12-21-16-8-5-14(18)6-9-16/h4-10,20H,11-12H2,1-3H3. The van der Waals surface area contributed by atoms with Gasteiger partial charge in [0.1, 0.15) is 12.4 Å². The first-order valence-electron chi connectivity index (χ1n) is 6.99. The summed E-state index contributed by atoms with van der Waals surface area (Å²) in [5, 5.41) is 4.14. The molecule has 0 radical (unpaired) electrons. The van der Waals surface area contributed by atoms with Crippen molar-refractivity contribution >= 4 is 11.6 Å². The molecule has 0 amide bonds. The van der Waals surface area contributed by atoms with Gasteiger partial charge in [-0.2, -0.15) is 0 Å². The van der Waals surface area contributed by atoms with Gasteiger partial charge in [0, 0.05) is 23.3 Å². The largest absolute Gasteiger partial charge is 0.487 e. The van der Waals surface area contributed by atoms with Crippen molar-refractivity contribution in [3.8, 4) is 5.75 Å². The molecule has 1 N–H and O–H groups in total. The van der Waals surface area contributed by atoms with Crippen LogP contribution in [-0.2, 0) is 13.2 Å². The summed E-state index contributed by atoms with van der Waals surface area (Å²) in [5.74, 6) is 0.791. The number of nitrogens with zero attached hydrogens (tertiary/aromatic N) is 1. The molecule has 0 unspecified atom stereocenters. The lowest BCUT2D eigenvalue weighted by Gasteiger charge is -2.20. The molecule has 0 fully saturated rings. The molecule has 1 aromatic heterocycles. The fourth-order valence-electron chi connectivity index (χ4n) is 1.70. The molecule has 0 saturated carbocycles. The predicted octanol–water partition coefficient (Wildman–Crippen LogP) is 4.20. The van der Waals surface area contributed by atoms with E-state index in [1.807, 2.05) is 36.5 Å². The Balaban J connectivity index is 1.86. The van der Waals surface area contributed by atoms with Crippen molar-refractivity contribution in [2.75, 3.05) is 0 Å². The molecular formula is C17H21ClN2O. The lowest BCUT2D eigenvalue weighted by molar-refractivity contribution is 0.301. The summed E-state index contributed by atoms with van der Waals surface area (Å²) in [7, 11) is 0. The van der Waals surface area contributed by atoms with Gasteiger partial charge in [-0.25, -0.2) is 0 Å². The van der Waals surface area contributed by atoms with Crippen LogP contribution >= 0.6 is 11.6 Å². The highest BCUT2D eigenvalue weighted by Gasteiger charge is 2.08. The van der Waals surface area contributed by atoms with Crippen molar-refractivity contribution in [2.24, 2.45) is 0 Å². The zero-order valence-electron chi connectivity index (χ0n) is 12.7. The summed E-state index contributed by atoms with van der Waals surface area (Å²) < 4.78 is 5.66. The highest BCUT2D eigenvalue weighted by atomic mass is 35.5. The number of pyridine rings is 1.